The average Bonchev–Trinajstić information content (AvgIpc) is 2.44. The second-order valence-electron chi connectivity index (χ2n) is 4.52. The van der Waals surface area contributed by atoms with Crippen LogP contribution in [-0.4, -0.2) is 29.8 Å². The minimum Gasteiger partial charge on any atom is -0.495 e. The number of hydrogen-bond acceptors (Lipinski definition) is 3. The molecule has 0 saturated heterocycles. The Bertz CT molecular complexity index is 530. The van der Waals surface area contributed by atoms with E-state index in [0.29, 0.717) is 24.3 Å². The fraction of sp³-hybridized carbons (Fsp3) is 0.429. The zero-order chi connectivity index (χ0) is 16.0. The van der Waals surface area contributed by atoms with Crippen LogP contribution in [0.2, 0.25) is 0 Å². The van der Waals surface area contributed by atoms with Crippen LogP contribution < -0.4 is 15.4 Å². The molecule has 116 valence electrons. The van der Waals surface area contributed by atoms with Gasteiger partial charge in [-0.3, -0.25) is 0 Å². The van der Waals surface area contributed by atoms with Gasteiger partial charge in [0.05, 0.1) is 12.8 Å². The van der Waals surface area contributed by atoms with Gasteiger partial charge in [0, 0.05) is 4.47 Å². The summed E-state index contributed by atoms with van der Waals surface area (Å²) in [6, 6.07) is 4.57. The number of benzene rings is 1. The third-order valence-corrected chi connectivity index (χ3v) is 3.87. The minimum atomic E-state index is -1.27. The van der Waals surface area contributed by atoms with Crippen molar-refractivity contribution in [2.75, 3.05) is 12.4 Å². The first-order chi connectivity index (χ1) is 9.88. The van der Waals surface area contributed by atoms with E-state index in [-0.39, 0.29) is 0 Å². The molecule has 0 fully saturated rings. The van der Waals surface area contributed by atoms with Crippen molar-refractivity contribution in [3.05, 3.63) is 22.7 Å². The smallest absolute Gasteiger partial charge is 0.329 e. The molecule has 0 bridgehead atoms. The van der Waals surface area contributed by atoms with Gasteiger partial charge >= 0.3 is 12.0 Å². The molecule has 0 aromatic heterocycles. The number of methoxy groups -OCH3 is 1. The average molecular weight is 359 g/mol. The summed E-state index contributed by atoms with van der Waals surface area (Å²) in [5.41, 5.74) is -0.820. The minimum absolute atomic E-state index is 0.294. The van der Waals surface area contributed by atoms with E-state index < -0.39 is 17.5 Å². The van der Waals surface area contributed by atoms with Crippen molar-refractivity contribution in [1.82, 2.24) is 5.32 Å². The normalized spacial score (nSPS) is 10.9. The molecular weight excluding hydrogens is 340 g/mol. The number of carboxylic acids is 1. The Hall–Kier alpha value is -1.76. The SMILES string of the molecule is CCC(CC)(NC(=O)Nc1cc(Br)ccc1OC)C(=O)O. The summed E-state index contributed by atoms with van der Waals surface area (Å²) >= 11 is 3.31. The molecule has 2 amide bonds. The third kappa shape index (κ3) is 4.10. The highest BCUT2D eigenvalue weighted by molar-refractivity contribution is 9.10. The van der Waals surface area contributed by atoms with Crippen molar-refractivity contribution < 1.29 is 19.4 Å². The molecule has 21 heavy (non-hydrogen) atoms. The number of aliphatic carboxylic acids is 1. The highest BCUT2D eigenvalue weighted by Gasteiger charge is 2.36. The van der Waals surface area contributed by atoms with Gasteiger partial charge in [0.2, 0.25) is 0 Å². The van der Waals surface area contributed by atoms with Gasteiger partial charge in [-0.1, -0.05) is 29.8 Å². The van der Waals surface area contributed by atoms with Gasteiger partial charge in [0.25, 0.3) is 0 Å². The van der Waals surface area contributed by atoms with Crippen LogP contribution in [0.15, 0.2) is 22.7 Å². The second kappa shape index (κ2) is 7.31. The fourth-order valence-corrected chi connectivity index (χ4v) is 2.29. The summed E-state index contributed by atoms with van der Waals surface area (Å²) in [6.07, 6.45) is 0.587. The highest BCUT2D eigenvalue weighted by atomic mass is 79.9. The molecule has 7 heteroatoms. The monoisotopic (exact) mass is 358 g/mol. The van der Waals surface area contributed by atoms with Gasteiger partial charge in [-0.05, 0) is 31.0 Å². The quantitative estimate of drug-likeness (QED) is 0.728. The fourth-order valence-electron chi connectivity index (χ4n) is 1.93. The van der Waals surface area contributed by atoms with Crippen LogP contribution >= 0.6 is 15.9 Å². The number of nitrogens with one attached hydrogen (secondary N) is 2. The zero-order valence-electron chi connectivity index (χ0n) is 12.2. The Morgan fingerprint density at radius 2 is 1.95 bits per heavy atom. The number of rotatable bonds is 6. The van der Waals surface area contributed by atoms with Gasteiger partial charge < -0.3 is 20.5 Å². The first kappa shape index (κ1) is 17.3. The van der Waals surface area contributed by atoms with E-state index in [1.54, 1.807) is 32.0 Å². The van der Waals surface area contributed by atoms with Crippen molar-refractivity contribution in [2.24, 2.45) is 0 Å². The topological polar surface area (TPSA) is 87.7 Å². The maximum absolute atomic E-state index is 12.1. The summed E-state index contributed by atoms with van der Waals surface area (Å²) in [6.45, 7) is 3.44. The van der Waals surface area contributed by atoms with Crippen LogP contribution in [0.25, 0.3) is 0 Å². The van der Waals surface area contributed by atoms with Crippen LogP contribution in [-0.2, 0) is 4.79 Å². The number of anilines is 1. The molecular formula is C14H19BrN2O4. The predicted molar refractivity (Wildman–Crippen MR) is 83.8 cm³/mol. The number of hydrogen-bond donors (Lipinski definition) is 3. The Kier molecular flexibility index (Phi) is 6.02. The van der Waals surface area contributed by atoms with Gasteiger partial charge in [-0.2, -0.15) is 0 Å². The Labute approximate surface area is 132 Å². The summed E-state index contributed by atoms with van der Waals surface area (Å²) in [5.74, 6) is -0.564. The number of halogens is 1. The number of carboxylic acid groups (broad SMARTS) is 1. The first-order valence-electron chi connectivity index (χ1n) is 6.54. The second-order valence-corrected chi connectivity index (χ2v) is 5.43. The molecule has 3 N–H and O–H groups in total. The van der Waals surface area contributed by atoms with Crippen LogP contribution in [0, 0.1) is 0 Å². The third-order valence-electron chi connectivity index (χ3n) is 3.38. The molecule has 0 heterocycles. The molecule has 1 rings (SSSR count). The highest BCUT2D eigenvalue weighted by Crippen LogP contribution is 2.28. The number of urea groups is 1. The van der Waals surface area contributed by atoms with Crippen molar-refractivity contribution in [2.45, 2.75) is 32.2 Å². The largest absolute Gasteiger partial charge is 0.495 e. The van der Waals surface area contributed by atoms with Crippen LogP contribution in [0.3, 0.4) is 0 Å². The summed E-state index contributed by atoms with van der Waals surface area (Å²) in [5, 5.41) is 14.4. The number of carbonyl (C=O) groups excluding carboxylic acids is 1. The molecule has 0 aliphatic heterocycles. The van der Waals surface area contributed by atoms with E-state index in [1.165, 1.54) is 7.11 Å². The van der Waals surface area contributed by atoms with E-state index in [2.05, 4.69) is 26.6 Å². The van der Waals surface area contributed by atoms with Crippen LogP contribution in [0.5, 0.6) is 5.75 Å². The molecule has 0 saturated carbocycles. The maximum atomic E-state index is 12.1. The molecule has 0 aliphatic carbocycles. The van der Waals surface area contributed by atoms with Gasteiger partial charge in [-0.15, -0.1) is 0 Å². The lowest BCUT2D eigenvalue weighted by Crippen LogP contribution is -2.55. The lowest BCUT2D eigenvalue weighted by Gasteiger charge is -2.28. The van der Waals surface area contributed by atoms with Crippen molar-refractivity contribution in [3.63, 3.8) is 0 Å². The number of amides is 2. The Morgan fingerprint density at radius 1 is 1.33 bits per heavy atom. The van der Waals surface area contributed by atoms with Crippen LogP contribution in [0.1, 0.15) is 26.7 Å². The van der Waals surface area contributed by atoms with E-state index in [1.807, 2.05) is 0 Å². The molecule has 0 aliphatic rings. The standard InChI is InChI=1S/C14H19BrN2O4/c1-4-14(5-2,12(18)19)17-13(20)16-10-8-9(15)6-7-11(10)21-3/h6-8H,4-5H2,1-3H3,(H,18,19)(H2,16,17,20). The van der Waals surface area contributed by atoms with Crippen molar-refractivity contribution >= 4 is 33.6 Å². The number of carbonyl (C=O) groups is 2. The van der Waals surface area contributed by atoms with E-state index in [9.17, 15) is 14.7 Å². The molecule has 0 atom stereocenters. The molecule has 1 aromatic carbocycles. The van der Waals surface area contributed by atoms with Crippen molar-refractivity contribution in [3.8, 4) is 5.75 Å². The molecule has 0 radical (unpaired) electrons. The summed E-state index contributed by atoms with van der Waals surface area (Å²) in [4.78, 5) is 23.4. The van der Waals surface area contributed by atoms with E-state index in [0.717, 1.165) is 4.47 Å². The molecule has 1 aromatic rings. The Morgan fingerprint density at radius 3 is 2.43 bits per heavy atom. The molecule has 0 unspecified atom stereocenters. The van der Waals surface area contributed by atoms with Gasteiger partial charge in [-0.25, -0.2) is 9.59 Å². The molecule has 0 spiro atoms. The Balaban J connectivity index is 2.91. The van der Waals surface area contributed by atoms with Gasteiger partial charge in [0.15, 0.2) is 0 Å². The van der Waals surface area contributed by atoms with Gasteiger partial charge in [0.1, 0.15) is 11.3 Å². The molecule has 6 nitrogen and oxygen atoms in total. The lowest BCUT2D eigenvalue weighted by molar-refractivity contribution is -0.144. The zero-order valence-corrected chi connectivity index (χ0v) is 13.8. The van der Waals surface area contributed by atoms with Crippen molar-refractivity contribution in [1.29, 1.82) is 0 Å². The summed E-state index contributed by atoms with van der Waals surface area (Å²) < 4.78 is 5.92. The van der Waals surface area contributed by atoms with Crippen LogP contribution in [0.4, 0.5) is 10.5 Å². The van der Waals surface area contributed by atoms with E-state index in [4.69, 9.17) is 4.74 Å². The first-order valence-corrected chi connectivity index (χ1v) is 7.34. The lowest BCUT2D eigenvalue weighted by atomic mass is 9.93. The van der Waals surface area contributed by atoms with E-state index >= 15 is 0 Å². The maximum Gasteiger partial charge on any atom is 0.329 e. The summed E-state index contributed by atoms with van der Waals surface area (Å²) in [7, 11) is 1.49. The number of ether oxygens (including phenoxy) is 1. The predicted octanol–water partition coefficient (Wildman–Crippen LogP) is 3.22.